The van der Waals surface area contributed by atoms with E-state index >= 15 is 0 Å². The van der Waals surface area contributed by atoms with E-state index in [4.69, 9.17) is 0 Å². The number of anilines is 1. The molecule has 20 heavy (non-hydrogen) atoms. The minimum absolute atomic E-state index is 0.335. The van der Waals surface area contributed by atoms with Gasteiger partial charge in [0, 0.05) is 30.5 Å². The van der Waals surface area contributed by atoms with Gasteiger partial charge in [-0.3, -0.25) is 4.79 Å². The molecule has 2 aliphatic rings. The highest BCUT2D eigenvalue weighted by molar-refractivity contribution is 5.83. The molecule has 1 aliphatic carbocycles. The van der Waals surface area contributed by atoms with E-state index in [-0.39, 0.29) is 0 Å². The molecule has 3 rings (SSSR count). The highest BCUT2D eigenvalue weighted by Crippen LogP contribution is 2.38. The molecule has 1 aliphatic heterocycles. The van der Waals surface area contributed by atoms with Crippen LogP contribution in [0.15, 0.2) is 24.3 Å². The van der Waals surface area contributed by atoms with Gasteiger partial charge in [0.2, 0.25) is 0 Å². The minimum Gasteiger partial charge on any atom is -0.384 e. The Balaban J connectivity index is 1.67. The Hall–Kier alpha value is -1.31. The summed E-state index contributed by atoms with van der Waals surface area (Å²) in [4.78, 5) is 12.7. The van der Waals surface area contributed by atoms with Crippen molar-refractivity contribution in [2.75, 3.05) is 11.9 Å². The standard InChI is InChI=1S/C18H25NO/c1-2-13-7-3-4-9-16(13)18(20)11-14-12-19-17-10-6-5-8-15(14)17/h5-6,8,10,13-14,16,19H,2-4,7,9,11-12H2,1H3. The van der Waals surface area contributed by atoms with E-state index in [9.17, 15) is 4.79 Å². The van der Waals surface area contributed by atoms with Gasteiger partial charge in [-0.1, -0.05) is 44.4 Å². The number of hydrogen-bond acceptors (Lipinski definition) is 2. The number of benzene rings is 1. The Labute approximate surface area is 122 Å². The van der Waals surface area contributed by atoms with Gasteiger partial charge in [0.15, 0.2) is 0 Å². The molecule has 1 fully saturated rings. The first kappa shape index (κ1) is 13.7. The van der Waals surface area contributed by atoms with Crippen LogP contribution in [-0.2, 0) is 4.79 Å². The van der Waals surface area contributed by atoms with E-state index in [1.807, 2.05) is 0 Å². The van der Waals surface area contributed by atoms with Crippen LogP contribution in [0.1, 0.15) is 56.9 Å². The fourth-order valence-electron chi connectivity index (χ4n) is 4.05. The van der Waals surface area contributed by atoms with E-state index in [1.165, 1.54) is 30.5 Å². The van der Waals surface area contributed by atoms with Crippen LogP contribution in [0.4, 0.5) is 5.69 Å². The SMILES string of the molecule is CCC1CCCCC1C(=O)CC1CNc2ccccc21. The molecular weight excluding hydrogens is 246 g/mol. The van der Waals surface area contributed by atoms with Crippen LogP contribution in [0.25, 0.3) is 0 Å². The number of carbonyl (C=O) groups is 1. The molecule has 0 radical (unpaired) electrons. The number of ketones is 1. The normalized spacial score (nSPS) is 28.8. The molecule has 108 valence electrons. The van der Waals surface area contributed by atoms with Crippen molar-refractivity contribution in [3.63, 3.8) is 0 Å². The van der Waals surface area contributed by atoms with E-state index < -0.39 is 0 Å². The van der Waals surface area contributed by atoms with Gasteiger partial charge < -0.3 is 5.32 Å². The summed E-state index contributed by atoms with van der Waals surface area (Å²) in [6.45, 7) is 3.16. The summed E-state index contributed by atoms with van der Waals surface area (Å²) in [7, 11) is 0. The zero-order valence-corrected chi connectivity index (χ0v) is 12.4. The maximum atomic E-state index is 12.7. The van der Waals surface area contributed by atoms with Crippen molar-refractivity contribution in [3.05, 3.63) is 29.8 Å². The molecule has 2 heteroatoms. The Morgan fingerprint density at radius 3 is 2.90 bits per heavy atom. The van der Waals surface area contributed by atoms with E-state index in [2.05, 4.69) is 36.5 Å². The fourth-order valence-corrected chi connectivity index (χ4v) is 4.05. The van der Waals surface area contributed by atoms with Crippen LogP contribution >= 0.6 is 0 Å². The smallest absolute Gasteiger partial charge is 0.136 e. The molecule has 0 spiro atoms. The van der Waals surface area contributed by atoms with Crippen molar-refractivity contribution < 1.29 is 4.79 Å². The lowest BCUT2D eigenvalue weighted by molar-refractivity contribution is -0.126. The first-order valence-corrected chi connectivity index (χ1v) is 8.15. The molecule has 1 N–H and O–H groups in total. The number of rotatable bonds is 4. The summed E-state index contributed by atoms with van der Waals surface area (Å²) >= 11 is 0. The van der Waals surface area contributed by atoms with Gasteiger partial charge in [-0.15, -0.1) is 0 Å². The Morgan fingerprint density at radius 2 is 2.05 bits per heavy atom. The van der Waals surface area contributed by atoms with Crippen LogP contribution in [0, 0.1) is 11.8 Å². The van der Waals surface area contributed by atoms with Gasteiger partial charge in [0.25, 0.3) is 0 Å². The molecule has 1 aromatic rings. The fraction of sp³-hybridized carbons (Fsp3) is 0.611. The second kappa shape index (κ2) is 5.99. The summed E-state index contributed by atoms with van der Waals surface area (Å²) < 4.78 is 0. The molecule has 0 amide bonds. The quantitative estimate of drug-likeness (QED) is 0.881. The monoisotopic (exact) mass is 271 g/mol. The number of Topliss-reactive ketones (excluding diaryl/α,β-unsaturated/α-hetero) is 1. The Morgan fingerprint density at radius 1 is 1.25 bits per heavy atom. The summed E-state index contributed by atoms with van der Waals surface area (Å²) in [5.74, 6) is 1.88. The number of carbonyl (C=O) groups excluding carboxylic acids is 1. The predicted molar refractivity (Wildman–Crippen MR) is 83.0 cm³/mol. The molecule has 3 atom stereocenters. The molecule has 2 nitrogen and oxygen atoms in total. The Bertz CT molecular complexity index is 482. The zero-order chi connectivity index (χ0) is 13.9. The number of para-hydroxylation sites is 1. The second-order valence-electron chi connectivity index (χ2n) is 6.39. The number of fused-ring (bicyclic) bond motifs is 1. The maximum Gasteiger partial charge on any atom is 0.136 e. The lowest BCUT2D eigenvalue weighted by atomic mass is 9.74. The van der Waals surface area contributed by atoms with Crippen LogP contribution in [-0.4, -0.2) is 12.3 Å². The van der Waals surface area contributed by atoms with Gasteiger partial charge in [-0.25, -0.2) is 0 Å². The summed E-state index contributed by atoms with van der Waals surface area (Å²) in [5, 5.41) is 3.43. The van der Waals surface area contributed by atoms with Crippen LogP contribution in [0.2, 0.25) is 0 Å². The number of hydrogen-bond donors (Lipinski definition) is 1. The third kappa shape index (κ3) is 2.61. The molecule has 0 aromatic heterocycles. The average molecular weight is 271 g/mol. The largest absolute Gasteiger partial charge is 0.384 e. The molecule has 3 unspecified atom stereocenters. The van der Waals surface area contributed by atoms with Crippen molar-refractivity contribution in [1.29, 1.82) is 0 Å². The average Bonchev–Trinajstić information content (AvgIpc) is 2.90. The topological polar surface area (TPSA) is 29.1 Å². The number of nitrogens with one attached hydrogen (secondary N) is 1. The maximum absolute atomic E-state index is 12.7. The zero-order valence-electron chi connectivity index (χ0n) is 12.4. The van der Waals surface area contributed by atoms with Gasteiger partial charge in [0.05, 0.1) is 0 Å². The molecular formula is C18H25NO. The van der Waals surface area contributed by atoms with Gasteiger partial charge >= 0.3 is 0 Å². The highest BCUT2D eigenvalue weighted by Gasteiger charge is 2.32. The van der Waals surface area contributed by atoms with Crippen molar-refractivity contribution in [1.82, 2.24) is 0 Å². The van der Waals surface area contributed by atoms with Crippen molar-refractivity contribution in [2.45, 2.75) is 51.4 Å². The van der Waals surface area contributed by atoms with Gasteiger partial charge in [-0.2, -0.15) is 0 Å². The van der Waals surface area contributed by atoms with Gasteiger partial charge in [0.1, 0.15) is 5.78 Å². The van der Waals surface area contributed by atoms with Crippen LogP contribution < -0.4 is 5.32 Å². The van der Waals surface area contributed by atoms with Crippen LogP contribution in [0.3, 0.4) is 0 Å². The van der Waals surface area contributed by atoms with E-state index in [0.717, 1.165) is 25.8 Å². The molecule has 0 saturated heterocycles. The predicted octanol–water partition coefficient (Wildman–Crippen LogP) is 4.37. The summed E-state index contributed by atoms with van der Waals surface area (Å²) in [5.41, 5.74) is 2.56. The highest BCUT2D eigenvalue weighted by atomic mass is 16.1. The minimum atomic E-state index is 0.335. The second-order valence-corrected chi connectivity index (χ2v) is 6.39. The van der Waals surface area contributed by atoms with E-state index in [1.54, 1.807) is 0 Å². The molecule has 0 bridgehead atoms. The third-order valence-electron chi connectivity index (χ3n) is 5.23. The first-order valence-electron chi connectivity index (χ1n) is 8.15. The van der Waals surface area contributed by atoms with Gasteiger partial charge in [-0.05, 0) is 30.4 Å². The third-order valence-corrected chi connectivity index (χ3v) is 5.23. The summed E-state index contributed by atoms with van der Waals surface area (Å²) in [6, 6.07) is 8.43. The molecule has 1 saturated carbocycles. The molecule has 1 heterocycles. The lowest BCUT2D eigenvalue weighted by Gasteiger charge is -2.30. The first-order chi connectivity index (χ1) is 9.79. The molecule has 1 aromatic carbocycles. The van der Waals surface area contributed by atoms with Crippen molar-refractivity contribution in [3.8, 4) is 0 Å². The summed E-state index contributed by atoms with van der Waals surface area (Å²) in [6.07, 6.45) is 6.83. The van der Waals surface area contributed by atoms with E-state index in [0.29, 0.717) is 23.5 Å². The lowest BCUT2D eigenvalue weighted by Crippen LogP contribution is -2.28. The van der Waals surface area contributed by atoms with Crippen molar-refractivity contribution >= 4 is 11.5 Å². The van der Waals surface area contributed by atoms with Crippen molar-refractivity contribution in [2.24, 2.45) is 11.8 Å². The van der Waals surface area contributed by atoms with Crippen LogP contribution in [0.5, 0.6) is 0 Å². The Kier molecular flexibility index (Phi) is 4.09.